The Morgan fingerprint density at radius 3 is 2.45 bits per heavy atom. The molecule has 2 aromatic rings. The van der Waals surface area contributed by atoms with Gasteiger partial charge in [0.15, 0.2) is 0 Å². The molecule has 0 unspecified atom stereocenters. The first-order chi connectivity index (χ1) is 10.5. The molecule has 0 spiro atoms. The molecule has 2 aromatic carbocycles. The van der Waals surface area contributed by atoms with Crippen LogP contribution in [0.4, 0.5) is 10.1 Å². The van der Waals surface area contributed by atoms with Crippen LogP contribution in [0.3, 0.4) is 0 Å². The van der Waals surface area contributed by atoms with Gasteiger partial charge in [-0.05, 0) is 35.4 Å². The molecule has 5 heteroatoms. The fraction of sp³-hybridized carbons (Fsp3) is 0.176. The molecular formula is C17H17FN2O2. The van der Waals surface area contributed by atoms with E-state index >= 15 is 0 Å². The minimum atomic E-state index is -0.320. The fourth-order valence-corrected chi connectivity index (χ4v) is 2.01. The smallest absolute Gasteiger partial charge is 0.224 e. The Morgan fingerprint density at radius 1 is 1.05 bits per heavy atom. The van der Waals surface area contributed by atoms with Gasteiger partial charge in [0, 0.05) is 19.2 Å². The van der Waals surface area contributed by atoms with Gasteiger partial charge in [0.05, 0.1) is 6.42 Å². The van der Waals surface area contributed by atoms with E-state index in [1.807, 2.05) is 12.1 Å². The summed E-state index contributed by atoms with van der Waals surface area (Å²) in [5, 5.41) is 5.49. The van der Waals surface area contributed by atoms with Crippen LogP contribution in [0.2, 0.25) is 0 Å². The summed E-state index contributed by atoms with van der Waals surface area (Å²) < 4.78 is 12.8. The average Bonchev–Trinajstić information content (AvgIpc) is 2.47. The van der Waals surface area contributed by atoms with E-state index in [1.54, 1.807) is 24.3 Å². The molecule has 0 saturated carbocycles. The van der Waals surface area contributed by atoms with E-state index in [1.165, 1.54) is 19.1 Å². The molecule has 0 fully saturated rings. The van der Waals surface area contributed by atoms with Gasteiger partial charge in [0.1, 0.15) is 5.82 Å². The van der Waals surface area contributed by atoms with Gasteiger partial charge in [-0.1, -0.05) is 24.3 Å². The number of hydrogen-bond donors (Lipinski definition) is 2. The highest BCUT2D eigenvalue weighted by Gasteiger charge is 2.04. The first kappa shape index (κ1) is 15.7. The lowest BCUT2D eigenvalue weighted by molar-refractivity contribution is -0.120. The normalized spacial score (nSPS) is 10.1. The third kappa shape index (κ3) is 5.01. The summed E-state index contributed by atoms with van der Waals surface area (Å²) in [4.78, 5) is 22.9. The minimum absolute atomic E-state index is 0.141. The number of benzene rings is 2. The van der Waals surface area contributed by atoms with Crippen LogP contribution in [-0.2, 0) is 22.6 Å². The van der Waals surface area contributed by atoms with Gasteiger partial charge in [-0.3, -0.25) is 9.59 Å². The van der Waals surface area contributed by atoms with Gasteiger partial charge >= 0.3 is 0 Å². The third-order valence-corrected chi connectivity index (χ3v) is 3.01. The van der Waals surface area contributed by atoms with Gasteiger partial charge in [0.25, 0.3) is 0 Å². The summed E-state index contributed by atoms with van der Waals surface area (Å²) in [5.74, 6) is -0.604. The Hall–Kier alpha value is -2.69. The van der Waals surface area contributed by atoms with E-state index in [-0.39, 0.29) is 24.1 Å². The summed E-state index contributed by atoms with van der Waals surface area (Å²) in [6.45, 7) is 1.81. The Morgan fingerprint density at radius 2 is 1.77 bits per heavy atom. The molecule has 0 bridgehead atoms. The number of carbonyl (C=O) groups excluding carboxylic acids is 2. The lowest BCUT2D eigenvalue weighted by atomic mass is 10.1. The average molecular weight is 300 g/mol. The first-order valence-corrected chi connectivity index (χ1v) is 6.90. The Kier molecular flexibility index (Phi) is 5.25. The van der Waals surface area contributed by atoms with Gasteiger partial charge in [-0.25, -0.2) is 4.39 Å². The summed E-state index contributed by atoms with van der Waals surface area (Å²) in [6, 6.07) is 13.1. The lowest BCUT2D eigenvalue weighted by Gasteiger charge is -2.08. The number of carbonyl (C=O) groups is 2. The van der Waals surface area contributed by atoms with E-state index < -0.39 is 0 Å². The Labute approximate surface area is 128 Å². The van der Waals surface area contributed by atoms with Crippen LogP contribution < -0.4 is 10.6 Å². The van der Waals surface area contributed by atoms with Crippen molar-refractivity contribution in [3.63, 3.8) is 0 Å². The Bertz CT molecular complexity index is 669. The van der Waals surface area contributed by atoms with Crippen molar-refractivity contribution in [3.05, 3.63) is 65.5 Å². The maximum Gasteiger partial charge on any atom is 0.224 e. The van der Waals surface area contributed by atoms with E-state index in [0.717, 1.165) is 11.1 Å². The van der Waals surface area contributed by atoms with Crippen molar-refractivity contribution in [1.82, 2.24) is 5.32 Å². The second kappa shape index (κ2) is 7.36. The summed E-state index contributed by atoms with van der Waals surface area (Å²) in [5.41, 5.74) is 2.34. The third-order valence-electron chi connectivity index (χ3n) is 3.01. The van der Waals surface area contributed by atoms with Gasteiger partial charge in [0.2, 0.25) is 11.8 Å². The van der Waals surface area contributed by atoms with Crippen LogP contribution >= 0.6 is 0 Å². The molecule has 0 aliphatic carbocycles. The van der Waals surface area contributed by atoms with E-state index in [9.17, 15) is 14.0 Å². The number of rotatable bonds is 5. The monoisotopic (exact) mass is 300 g/mol. The van der Waals surface area contributed by atoms with Crippen LogP contribution in [0.5, 0.6) is 0 Å². The maximum atomic E-state index is 12.8. The number of hydrogen-bond acceptors (Lipinski definition) is 2. The zero-order valence-corrected chi connectivity index (χ0v) is 12.2. The summed E-state index contributed by atoms with van der Waals surface area (Å²) >= 11 is 0. The SMILES string of the molecule is CC(=O)Nc1cccc(CNC(=O)Cc2ccc(F)cc2)c1. The Balaban J connectivity index is 1.88. The maximum absolute atomic E-state index is 12.8. The molecular weight excluding hydrogens is 283 g/mol. The molecule has 0 radical (unpaired) electrons. The number of amides is 2. The molecule has 0 aromatic heterocycles. The number of anilines is 1. The highest BCUT2D eigenvalue weighted by Crippen LogP contribution is 2.10. The summed E-state index contributed by atoms with van der Waals surface area (Å²) in [6.07, 6.45) is 0.200. The first-order valence-electron chi connectivity index (χ1n) is 6.90. The minimum Gasteiger partial charge on any atom is -0.352 e. The molecule has 22 heavy (non-hydrogen) atoms. The zero-order valence-electron chi connectivity index (χ0n) is 12.2. The predicted molar refractivity (Wildman–Crippen MR) is 82.7 cm³/mol. The zero-order chi connectivity index (χ0) is 15.9. The molecule has 0 aliphatic rings. The van der Waals surface area contributed by atoms with Crippen molar-refractivity contribution in [2.45, 2.75) is 19.9 Å². The van der Waals surface area contributed by atoms with Crippen molar-refractivity contribution < 1.29 is 14.0 Å². The molecule has 2 amide bonds. The van der Waals surface area contributed by atoms with Gasteiger partial charge in [-0.2, -0.15) is 0 Å². The second-order valence-electron chi connectivity index (χ2n) is 4.96. The topological polar surface area (TPSA) is 58.2 Å². The molecule has 2 N–H and O–H groups in total. The fourth-order valence-electron chi connectivity index (χ4n) is 2.01. The molecule has 0 atom stereocenters. The van der Waals surface area contributed by atoms with Gasteiger partial charge < -0.3 is 10.6 Å². The van der Waals surface area contributed by atoms with Gasteiger partial charge in [-0.15, -0.1) is 0 Å². The van der Waals surface area contributed by atoms with E-state index in [4.69, 9.17) is 0 Å². The summed E-state index contributed by atoms with van der Waals surface area (Å²) in [7, 11) is 0. The highest BCUT2D eigenvalue weighted by molar-refractivity contribution is 5.88. The largest absolute Gasteiger partial charge is 0.352 e. The van der Waals surface area contributed by atoms with Crippen LogP contribution in [0, 0.1) is 5.82 Å². The number of halogens is 1. The second-order valence-corrected chi connectivity index (χ2v) is 4.96. The van der Waals surface area contributed by atoms with Crippen molar-refractivity contribution in [2.24, 2.45) is 0 Å². The van der Waals surface area contributed by atoms with Crippen LogP contribution in [-0.4, -0.2) is 11.8 Å². The molecule has 0 aliphatic heterocycles. The van der Waals surface area contributed by atoms with E-state index in [2.05, 4.69) is 10.6 Å². The molecule has 0 saturated heterocycles. The molecule has 114 valence electrons. The standard InChI is InChI=1S/C17H17FN2O2/c1-12(21)20-16-4-2-3-14(9-16)11-19-17(22)10-13-5-7-15(18)8-6-13/h2-9H,10-11H2,1H3,(H,19,22)(H,20,21). The molecule has 0 heterocycles. The van der Waals surface area contributed by atoms with Crippen molar-refractivity contribution in [3.8, 4) is 0 Å². The van der Waals surface area contributed by atoms with E-state index in [0.29, 0.717) is 12.2 Å². The van der Waals surface area contributed by atoms with Crippen molar-refractivity contribution in [1.29, 1.82) is 0 Å². The lowest BCUT2D eigenvalue weighted by Crippen LogP contribution is -2.24. The number of nitrogens with one attached hydrogen (secondary N) is 2. The quantitative estimate of drug-likeness (QED) is 0.892. The van der Waals surface area contributed by atoms with Crippen molar-refractivity contribution >= 4 is 17.5 Å². The van der Waals surface area contributed by atoms with Crippen molar-refractivity contribution in [2.75, 3.05) is 5.32 Å². The highest BCUT2D eigenvalue weighted by atomic mass is 19.1. The van der Waals surface area contributed by atoms with Crippen LogP contribution in [0.25, 0.3) is 0 Å². The molecule has 2 rings (SSSR count). The molecule has 4 nitrogen and oxygen atoms in total. The van der Waals surface area contributed by atoms with Crippen LogP contribution in [0.15, 0.2) is 48.5 Å². The predicted octanol–water partition coefficient (Wildman–Crippen LogP) is 2.64. The van der Waals surface area contributed by atoms with Crippen LogP contribution in [0.1, 0.15) is 18.1 Å².